The zero-order valence-corrected chi connectivity index (χ0v) is 20.5. The maximum atomic E-state index is 5.97. The molecule has 1 atom stereocenters. The van der Waals surface area contributed by atoms with Gasteiger partial charge in [-0.15, -0.1) is 0 Å². The Morgan fingerprint density at radius 2 is 1.44 bits per heavy atom. The second kappa shape index (κ2) is 16.5. The molecule has 4 heteroatoms. The molecule has 1 aromatic heterocycles. The van der Waals surface area contributed by atoms with Crippen molar-refractivity contribution < 1.29 is 14.2 Å². The molecule has 0 spiro atoms. The van der Waals surface area contributed by atoms with E-state index in [-0.39, 0.29) is 0 Å². The van der Waals surface area contributed by atoms with E-state index >= 15 is 0 Å². The SMILES string of the molecule is CCCCCCOCCOc1ccc(-c2ccc(OCC(C)CCCCCC)cc2)nc1. The van der Waals surface area contributed by atoms with Crippen LogP contribution in [0.1, 0.15) is 78.6 Å². The molecule has 0 aliphatic heterocycles. The lowest BCUT2D eigenvalue weighted by atomic mass is 10.0. The second-order valence-electron chi connectivity index (χ2n) is 8.69. The molecule has 32 heavy (non-hydrogen) atoms. The van der Waals surface area contributed by atoms with Gasteiger partial charge in [-0.3, -0.25) is 4.98 Å². The van der Waals surface area contributed by atoms with Crippen molar-refractivity contribution in [2.75, 3.05) is 26.4 Å². The number of benzene rings is 1. The number of unbranched alkanes of at least 4 members (excludes halogenated alkanes) is 6. The molecule has 4 nitrogen and oxygen atoms in total. The lowest BCUT2D eigenvalue weighted by Crippen LogP contribution is -2.08. The molecule has 178 valence electrons. The van der Waals surface area contributed by atoms with Gasteiger partial charge in [0.05, 0.1) is 25.1 Å². The predicted octanol–water partition coefficient (Wildman–Crippen LogP) is 7.71. The van der Waals surface area contributed by atoms with Crippen LogP contribution in [0.15, 0.2) is 42.6 Å². The van der Waals surface area contributed by atoms with Crippen molar-refractivity contribution >= 4 is 0 Å². The summed E-state index contributed by atoms with van der Waals surface area (Å²) in [6.45, 7) is 9.51. The van der Waals surface area contributed by atoms with Crippen LogP contribution in [0.4, 0.5) is 0 Å². The van der Waals surface area contributed by atoms with Gasteiger partial charge in [0.1, 0.15) is 18.1 Å². The van der Waals surface area contributed by atoms with Crippen molar-refractivity contribution in [2.45, 2.75) is 78.6 Å². The van der Waals surface area contributed by atoms with Crippen molar-refractivity contribution in [2.24, 2.45) is 5.92 Å². The topological polar surface area (TPSA) is 40.6 Å². The molecular formula is C28H43NO3. The summed E-state index contributed by atoms with van der Waals surface area (Å²) >= 11 is 0. The molecule has 0 amide bonds. The highest BCUT2D eigenvalue weighted by atomic mass is 16.5. The minimum Gasteiger partial charge on any atom is -0.493 e. The van der Waals surface area contributed by atoms with Gasteiger partial charge in [-0.1, -0.05) is 65.7 Å². The standard InChI is InChI=1S/C28H43NO3/c1-4-6-8-10-12-24(3)23-32-26-15-13-25(14-16-26)28-18-17-27(22-29-28)31-21-20-30-19-11-9-7-5-2/h13-18,22,24H,4-12,19-21,23H2,1-3H3. The molecular weight excluding hydrogens is 398 g/mol. The van der Waals surface area contributed by atoms with E-state index in [1.165, 1.54) is 51.4 Å². The Balaban J connectivity index is 1.67. The fourth-order valence-corrected chi connectivity index (χ4v) is 3.55. The van der Waals surface area contributed by atoms with Gasteiger partial charge in [0.2, 0.25) is 0 Å². The molecule has 1 heterocycles. The molecule has 0 N–H and O–H groups in total. The van der Waals surface area contributed by atoms with Crippen LogP contribution in [-0.4, -0.2) is 31.4 Å². The number of rotatable bonds is 18. The lowest BCUT2D eigenvalue weighted by Gasteiger charge is -2.13. The van der Waals surface area contributed by atoms with Gasteiger partial charge in [0, 0.05) is 12.2 Å². The summed E-state index contributed by atoms with van der Waals surface area (Å²) in [7, 11) is 0. The molecule has 0 aliphatic carbocycles. The van der Waals surface area contributed by atoms with E-state index in [9.17, 15) is 0 Å². The summed E-state index contributed by atoms with van der Waals surface area (Å²) in [4.78, 5) is 4.54. The summed E-state index contributed by atoms with van der Waals surface area (Å²) in [5, 5.41) is 0. The first-order valence-corrected chi connectivity index (χ1v) is 12.6. The molecule has 0 fully saturated rings. The highest BCUT2D eigenvalue weighted by molar-refractivity contribution is 5.60. The number of hydrogen-bond donors (Lipinski definition) is 0. The van der Waals surface area contributed by atoms with E-state index < -0.39 is 0 Å². The smallest absolute Gasteiger partial charge is 0.137 e. The summed E-state index contributed by atoms with van der Waals surface area (Å²) < 4.78 is 17.3. The van der Waals surface area contributed by atoms with Crippen LogP contribution in [0.3, 0.4) is 0 Å². The average Bonchev–Trinajstić information content (AvgIpc) is 2.83. The molecule has 2 rings (SSSR count). The third-order valence-electron chi connectivity index (χ3n) is 5.61. The van der Waals surface area contributed by atoms with E-state index in [4.69, 9.17) is 14.2 Å². The van der Waals surface area contributed by atoms with Crippen LogP contribution >= 0.6 is 0 Å². The Bertz CT molecular complexity index is 700. The molecule has 0 saturated carbocycles. The van der Waals surface area contributed by atoms with Crippen molar-refractivity contribution in [3.63, 3.8) is 0 Å². The average molecular weight is 442 g/mol. The van der Waals surface area contributed by atoms with Crippen molar-refractivity contribution in [1.29, 1.82) is 0 Å². The van der Waals surface area contributed by atoms with E-state index in [0.717, 1.165) is 42.4 Å². The quantitative estimate of drug-likeness (QED) is 0.222. The first-order valence-electron chi connectivity index (χ1n) is 12.6. The van der Waals surface area contributed by atoms with Gasteiger partial charge in [0.15, 0.2) is 0 Å². The number of aromatic nitrogens is 1. The fourth-order valence-electron chi connectivity index (χ4n) is 3.55. The zero-order chi connectivity index (χ0) is 22.9. The van der Waals surface area contributed by atoms with Crippen LogP contribution in [0.2, 0.25) is 0 Å². The molecule has 0 radical (unpaired) electrons. The lowest BCUT2D eigenvalue weighted by molar-refractivity contribution is 0.0970. The van der Waals surface area contributed by atoms with Crippen LogP contribution < -0.4 is 9.47 Å². The Morgan fingerprint density at radius 3 is 2.12 bits per heavy atom. The number of hydrogen-bond acceptors (Lipinski definition) is 4. The van der Waals surface area contributed by atoms with Crippen LogP contribution in [0.25, 0.3) is 11.3 Å². The van der Waals surface area contributed by atoms with E-state index in [2.05, 4.69) is 37.9 Å². The summed E-state index contributed by atoms with van der Waals surface area (Å²) in [6.07, 6.45) is 13.2. The third kappa shape index (κ3) is 11.0. The van der Waals surface area contributed by atoms with Crippen molar-refractivity contribution in [3.8, 4) is 22.8 Å². The second-order valence-corrected chi connectivity index (χ2v) is 8.69. The molecule has 1 unspecified atom stereocenters. The van der Waals surface area contributed by atoms with Gasteiger partial charge in [-0.2, -0.15) is 0 Å². The van der Waals surface area contributed by atoms with Gasteiger partial charge < -0.3 is 14.2 Å². The Kier molecular flexibility index (Phi) is 13.5. The van der Waals surface area contributed by atoms with Gasteiger partial charge in [0.25, 0.3) is 0 Å². The van der Waals surface area contributed by atoms with Gasteiger partial charge in [-0.05, 0) is 55.2 Å². The van der Waals surface area contributed by atoms with Gasteiger partial charge in [-0.25, -0.2) is 0 Å². The summed E-state index contributed by atoms with van der Waals surface area (Å²) in [6, 6.07) is 12.2. The van der Waals surface area contributed by atoms with E-state index in [0.29, 0.717) is 19.1 Å². The van der Waals surface area contributed by atoms with Crippen molar-refractivity contribution in [3.05, 3.63) is 42.6 Å². The molecule has 2 aromatic rings. The first kappa shape index (κ1) is 26.2. The Labute approximate surface area is 195 Å². The maximum Gasteiger partial charge on any atom is 0.137 e. The monoisotopic (exact) mass is 441 g/mol. The minimum atomic E-state index is 0.553. The molecule has 1 aromatic carbocycles. The Morgan fingerprint density at radius 1 is 0.719 bits per heavy atom. The highest BCUT2D eigenvalue weighted by Crippen LogP contribution is 2.23. The molecule has 0 saturated heterocycles. The number of nitrogens with zero attached hydrogens (tertiary/aromatic N) is 1. The fraction of sp³-hybridized carbons (Fsp3) is 0.607. The van der Waals surface area contributed by atoms with Crippen LogP contribution in [-0.2, 0) is 4.74 Å². The summed E-state index contributed by atoms with van der Waals surface area (Å²) in [5.74, 6) is 2.28. The maximum absolute atomic E-state index is 5.97. The highest BCUT2D eigenvalue weighted by Gasteiger charge is 2.05. The predicted molar refractivity (Wildman–Crippen MR) is 134 cm³/mol. The third-order valence-corrected chi connectivity index (χ3v) is 5.61. The van der Waals surface area contributed by atoms with E-state index in [1.54, 1.807) is 6.20 Å². The van der Waals surface area contributed by atoms with E-state index in [1.807, 2.05) is 24.3 Å². The minimum absolute atomic E-state index is 0.553. The molecule has 0 bridgehead atoms. The van der Waals surface area contributed by atoms with Crippen molar-refractivity contribution in [1.82, 2.24) is 4.98 Å². The first-order chi connectivity index (χ1) is 15.7. The normalized spacial score (nSPS) is 12.0. The Hall–Kier alpha value is -2.07. The molecule has 0 aliphatic rings. The number of ether oxygens (including phenoxy) is 3. The van der Waals surface area contributed by atoms with Crippen LogP contribution in [0.5, 0.6) is 11.5 Å². The van der Waals surface area contributed by atoms with Gasteiger partial charge >= 0.3 is 0 Å². The zero-order valence-electron chi connectivity index (χ0n) is 20.5. The summed E-state index contributed by atoms with van der Waals surface area (Å²) in [5.41, 5.74) is 2.01. The number of pyridine rings is 1. The largest absolute Gasteiger partial charge is 0.493 e. The van der Waals surface area contributed by atoms with Crippen LogP contribution in [0, 0.1) is 5.92 Å².